The number of aliphatic hydroxyl groups is 1. The highest BCUT2D eigenvalue weighted by Gasteiger charge is 2.41. The van der Waals surface area contributed by atoms with Crippen LogP contribution in [0.1, 0.15) is 18.9 Å². The Bertz CT molecular complexity index is 464. The van der Waals surface area contributed by atoms with E-state index in [-0.39, 0.29) is 5.91 Å². The monoisotopic (exact) mass is 229 g/mol. The number of carbonyl (C=O) groups excluding carboxylic acids is 1. The van der Waals surface area contributed by atoms with Gasteiger partial charge in [-0.05, 0) is 18.6 Å². The van der Waals surface area contributed by atoms with Crippen molar-refractivity contribution in [2.24, 2.45) is 0 Å². The molecular weight excluding hydrogens is 214 g/mol. The highest BCUT2D eigenvalue weighted by Crippen LogP contribution is 2.23. The summed E-state index contributed by atoms with van der Waals surface area (Å²) in [5.41, 5.74) is 0.136. The van der Waals surface area contributed by atoms with Gasteiger partial charge in [0.25, 0.3) is 5.91 Å². The molecule has 0 spiro atoms. The molecular formula is C14H15NO2. The Labute approximate surface area is 101 Å². The molecule has 0 bridgehead atoms. The van der Waals surface area contributed by atoms with E-state index in [1.54, 1.807) is 4.90 Å². The van der Waals surface area contributed by atoms with Gasteiger partial charge in [-0.15, -0.1) is 0 Å². The maximum Gasteiger partial charge on any atom is 0.299 e. The fourth-order valence-corrected chi connectivity index (χ4v) is 1.76. The summed E-state index contributed by atoms with van der Waals surface area (Å²) in [6.07, 6.45) is 0.670. The molecule has 1 amide bonds. The van der Waals surface area contributed by atoms with Crippen LogP contribution in [0.25, 0.3) is 0 Å². The van der Waals surface area contributed by atoms with Crippen molar-refractivity contribution in [2.45, 2.75) is 18.9 Å². The summed E-state index contributed by atoms with van der Waals surface area (Å²) < 4.78 is 0. The van der Waals surface area contributed by atoms with Crippen LogP contribution in [0.2, 0.25) is 0 Å². The van der Waals surface area contributed by atoms with Gasteiger partial charge < -0.3 is 10.0 Å². The lowest BCUT2D eigenvalue weighted by atomic mass is 9.91. The standard InChI is InChI=1S/C14H15NO2/c1-2-14(17)10-15(11-14)13(16)9-8-12-6-4-3-5-7-12/h3-7,17H,2,10-11H2,1H3. The molecule has 0 aromatic heterocycles. The minimum Gasteiger partial charge on any atom is -0.386 e. The zero-order valence-electron chi connectivity index (χ0n) is 9.81. The van der Waals surface area contributed by atoms with Gasteiger partial charge in [0.1, 0.15) is 0 Å². The molecule has 1 aliphatic heterocycles. The van der Waals surface area contributed by atoms with Crippen LogP contribution in [0.4, 0.5) is 0 Å². The summed E-state index contributed by atoms with van der Waals surface area (Å²) in [6.45, 7) is 2.70. The largest absolute Gasteiger partial charge is 0.386 e. The Balaban J connectivity index is 1.94. The van der Waals surface area contributed by atoms with E-state index in [0.717, 1.165) is 5.56 Å². The van der Waals surface area contributed by atoms with Gasteiger partial charge >= 0.3 is 0 Å². The van der Waals surface area contributed by atoms with Crippen LogP contribution in [-0.2, 0) is 4.79 Å². The fourth-order valence-electron chi connectivity index (χ4n) is 1.76. The van der Waals surface area contributed by atoms with E-state index in [4.69, 9.17) is 0 Å². The van der Waals surface area contributed by atoms with Crippen molar-refractivity contribution in [1.82, 2.24) is 4.90 Å². The normalized spacial score (nSPS) is 16.7. The average Bonchev–Trinajstić information content (AvgIpc) is 2.33. The SMILES string of the molecule is CCC1(O)CN(C(=O)C#Cc2ccccc2)C1. The van der Waals surface area contributed by atoms with Crippen LogP contribution in [-0.4, -0.2) is 34.6 Å². The Morgan fingerprint density at radius 1 is 1.41 bits per heavy atom. The van der Waals surface area contributed by atoms with Crippen molar-refractivity contribution >= 4 is 5.91 Å². The van der Waals surface area contributed by atoms with Crippen LogP contribution < -0.4 is 0 Å². The van der Waals surface area contributed by atoms with Crippen molar-refractivity contribution in [3.63, 3.8) is 0 Å². The molecule has 1 aromatic carbocycles. The predicted molar refractivity (Wildman–Crippen MR) is 65.1 cm³/mol. The lowest BCUT2D eigenvalue weighted by Crippen LogP contribution is -2.62. The molecule has 1 fully saturated rings. The van der Waals surface area contributed by atoms with Crippen molar-refractivity contribution in [3.05, 3.63) is 35.9 Å². The van der Waals surface area contributed by atoms with E-state index in [9.17, 15) is 9.90 Å². The summed E-state index contributed by atoms with van der Waals surface area (Å²) in [7, 11) is 0. The number of carbonyl (C=O) groups is 1. The Hall–Kier alpha value is -1.79. The molecule has 2 rings (SSSR count). The van der Waals surface area contributed by atoms with E-state index < -0.39 is 5.60 Å². The molecule has 1 saturated heterocycles. The molecule has 0 atom stereocenters. The quantitative estimate of drug-likeness (QED) is 0.730. The van der Waals surface area contributed by atoms with Crippen molar-refractivity contribution < 1.29 is 9.90 Å². The van der Waals surface area contributed by atoms with Gasteiger partial charge in [-0.25, -0.2) is 0 Å². The number of β-amino-alcohol motifs (C(OH)–C–C–N with tert-alkyl or cyclic N) is 1. The molecule has 17 heavy (non-hydrogen) atoms. The van der Waals surface area contributed by atoms with E-state index in [0.29, 0.717) is 19.5 Å². The molecule has 1 aromatic rings. The zero-order chi connectivity index (χ0) is 12.3. The molecule has 3 nitrogen and oxygen atoms in total. The topological polar surface area (TPSA) is 40.5 Å². The first-order valence-electron chi connectivity index (χ1n) is 5.71. The summed E-state index contributed by atoms with van der Waals surface area (Å²) >= 11 is 0. The number of likely N-dealkylation sites (tertiary alicyclic amines) is 1. The molecule has 0 unspecified atom stereocenters. The summed E-state index contributed by atoms with van der Waals surface area (Å²) in [5, 5.41) is 9.78. The summed E-state index contributed by atoms with van der Waals surface area (Å²) in [6, 6.07) is 9.39. The van der Waals surface area contributed by atoms with Gasteiger partial charge in [-0.3, -0.25) is 4.79 Å². The third kappa shape index (κ3) is 2.66. The van der Waals surface area contributed by atoms with Gasteiger partial charge in [-0.1, -0.05) is 31.0 Å². The smallest absolute Gasteiger partial charge is 0.299 e. The summed E-state index contributed by atoms with van der Waals surface area (Å²) in [4.78, 5) is 13.2. The second-order valence-corrected chi connectivity index (χ2v) is 4.36. The van der Waals surface area contributed by atoms with Crippen molar-refractivity contribution in [1.29, 1.82) is 0 Å². The van der Waals surface area contributed by atoms with Gasteiger partial charge in [0.15, 0.2) is 0 Å². The van der Waals surface area contributed by atoms with Crippen molar-refractivity contribution in [2.75, 3.05) is 13.1 Å². The predicted octanol–water partition coefficient (Wildman–Crippen LogP) is 1.02. The van der Waals surface area contributed by atoms with Crippen LogP contribution in [0.5, 0.6) is 0 Å². The molecule has 0 radical (unpaired) electrons. The lowest BCUT2D eigenvalue weighted by molar-refractivity contribution is -0.149. The maximum atomic E-state index is 11.6. The lowest BCUT2D eigenvalue weighted by Gasteiger charge is -2.45. The second kappa shape index (κ2) is 4.60. The Morgan fingerprint density at radius 2 is 2.06 bits per heavy atom. The first-order valence-corrected chi connectivity index (χ1v) is 5.71. The first kappa shape index (κ1) is 11.7. The van der Waals surface area contributed by atoms with Crippen LogP contribution in [0.15, 0.2) is 30.3 Å². The number of hydrogen-bond donors (Lipinski definition) is 1. The number of hydrogen-bond acceptors (Lipinski definition) is 2. The highest BCUT2D eigenvalue weighted by molar-refractivity contribution is 5.94. The van der Waals surface area contributed by atoms with Crippen LogP contribution in [0, 0.1) is 11.8 Å². The Morgan fingerprint density at radius 3 is 2.65 bits per heavy atom. The average molecular weight is 229 g/mol. The zero-order valence-corrected chi connectivity index (χ0v) is 9.81. The van der Waals surface area contributed by atoms with Crippen LogP contribution >= 0.6 is 0 Å². The third-order valence-electron chi connectivity index (χ3n) is 3.00. The molecule has 0 saturated carbocycles. The molecule has 3 heteroatoms. The number of benzene rings is 1. The molecule has 0 aliphatic carbocycles. The van der Waals surface area contributed by atoms with Gasteiger partial charge in [0.2, 0.25) is 0 Å². The molecule has 1 heterocycles. The highest BCUT2D eigenvalue weighted by atomic mass is 16.3. The van der Waals surface area contributed by atoms with Crippen molar-refractivity contribution in [3.8, 4) is 11.8 Å². The maximum absolute atomic E-state index is 11.6. The van der Waals surface area contributed by atoms with E-state index >= 15 is 0 Å². The van der Waals surface area contributed by atoms with Gasteiger partial charge in [0, 0.05) is 11.5 Å². The number of amides is 1. The Kier molecular flexibility index (Phi) is 3.16. The van der Waals surface area contributed by atoms with Gasteiger partial charge in [-0.2, -0.15) is 0 Å². The van der Waals surface area contributed by atoms with Gasteiger partial charge in [0.05, 0.1) is 18.7 Å². The van der Waals surface area contributed by atoms with E-state index in [1.807, 2.05) is 37.3 Å². The number of nitrogens with zero attached hydrogens (tertiary/aromatic N) is 1. The molecule has 1 N–H and O–H groups in total. The molecule has 88 valence electrons. The van der Waals surface area contributed by atoms with E-state index in [2.05, 4.69) is 11.8 Å². The first-order chi connectivity index (χ1) is 8.13. The minimum atomic E-state index is -0.690. The fraction of sp³-hybridized carbons (Fsp3) is 0.357. The minimum absolute atomic E-state index is 0.216. The van der Waals surface area contributed by atoms with E-state index in [1.165, 1.54) is 0 Å². The van der Waals surface area contributed by atoms with Crippen LogP contribution in [0.3, 0.4) is 0 Å². The summed E-state index contributed by atoms with van der Waals surface area (Å²) in [5.74, 6) is 5.19. The second-order valence-electron chi connectivity index (χ2n) is 4.36. The number of rotatable bonds is 1. The molecule has 1 aliphatic rings. The third-order valence-corrected chi connectivity index (χ3v) is 3.00.